The molecule has 0 radical (unpaired) electrons. The number of aliphatic hydroxyl groups is 1. The Balaban J connectivity index is 0.000000459. The molecule has 9 nitrogen and oxygen atoms in total. The van der Waals surface area contributed by atoms with E-state index in [1.165, 1.54) is 0 Å². The largest absolute Gasteiger partial charge is 0.494 e. The maximum atomic E-state index is 10.3. The van der Waals surface area contributed by atoms with Crippen LogP contribution in [-0.2, 0) is 14.4 Å². The van der Waals surface area contributed by atoms with E-state index in [0.29, 0.717) is 6.04 Å². The predicted molar refractivity (Wildman–Crippen MR) is 175 cm³/mol. The molecule has 0 fully saturated rings. The third kappa shape index (κ3) is 12.0. The van der Waals surface area contributed by atoms with Crippen molar-refractivity contribution in [2.24, 2.45) is 0 Å². The highest BCUT2D eigenvalue weighted by Gasteiger charge is 2.40. The predicted octanol–water partition coefficient (Wildman–Crippen LogP) is 6.48. The first-order valence-electron chi connectivity index (χ1n) is 14.8. The molecule has 3 aromatic rings. The van der Waals surface area contributed by atoms with Crippen LogP contribution < -0.4 is 4.74 Å². The van der Waals surface area contributed by atoms with E-state index in [0.717, 1.165) is 65.6 Å². The average Bonchev–Trinajstić information content (AvgIpc) is 3.01. The summed E-state index contributed by atoms with van der Waals surface area (Å²) in [6.45, 7) is 9.68. The summed E-state index contributed by atoms with van der Waals surface area (Å²) >= 11 is 6.91. The number of carbonyl (C=O) groups is 3. The van der Waals surface area contributed by atoms with Gasteiger partial charge in [-0.2, -0.15) is 0 Å². The molecule has 1 atom stereocenters. The van der Waals surface area contributed by atoms with Crippen LogP contribution in [-0.4, -0.2) is 74.6 Å². The molecule has 3 rings (SSSR count). The Morgan fingerprint density at radius 2 is 1.24 bits per heavy atom. The van der Waals surface area contributed by atoms with Gasteiger partial charge < -0.3 is 30.1 Å². The lowest BCUT2D eigenvalue weighted by Crippen LogP contribution is -2.42. The van der Waals surface area contributed by atoms with Crippen molar-refractivity contribution in [3.8, 4) is 5.75 Å². The van der Waals surface area contributed by atoms with Gasteiger partial charge in [-0.15, -0.1) is 0 Å². The number of rotatable bonds is 16. The van der Waals surface area contributed by atoms with E-state index in [9.17, 15) is 14.4 Å². The van der Waals surface area contributed by atoms with Gasteiger partial charge in [0.1, 0.15) is 5.75 Å². The summed E-state index contributed by atoms with van der Waals surface area (Å²) in [5.41, 5.74) is 1.47. The Hall–Kier alpha value is -4.18. The van der Waals surface area contributed by atoms with Crippen molar-refractivity contribution in [3.05, 3.63) is 102 Å². The second-order valence-corrected chi connectivity index (χ2v) is 10.9. The molecule has 1 unspecified atom stereocenters. The zero-order chi connectivity index (χ0) is 33.4. The summed E-state index contributed by atoms with van der Waals surface area (Å²) in [6.07, 6.45) is -0.0922. The summed E-state index contributed by atoms with van der Waals surface area (Å²) in [5, 5.41) is 34.6. The molecule has 0 aromatic heterocycles. The molecule has 3 aromatic carbocycles. The van der Waals surface area contributed by atoms with Crippen LogP contribution in [0.1, 0.15) is 63.1 Å². The smallest absolute Gasteiger partial charge is 0.336 e. The van der Waals surface area contributed by atoms with E-state index in [-0.39, 0.29) is 0 Å². The van der Waals surface area contributed by atoms with Crippen LogP contribution in [0.2, 0.25) is 0 Å². The van der Waals surface area contributed by atoms with Crippen molar-refractivity contribution < 1.29 is 39.5 Å². The highest BCUT2D eigenvalue weighted by Crippen LogP contribution is 2.35. The number of aliphatic carboxylic acids is 3. The van der Waals surface area contributed by atoms with Crippen molar-refractivity contribution >= 4 is 40.1 Å². The molecule has 242 valence electrons. The van der Waals surface area contributed by atoms with Crippen LogP contribution in [0.25, 0.3) is 10.6 Å². The van der Waals surface area contributed by atoms with Crippen molar-refractivity contribution in [3.63, 3.8) is 0 Å². The Morgan fingerprint density at radius 3 is 1.69 bits per heavy atom. The van der Waals surface area contributed by atoms with Crippen molar-refractivity contribution in [1.29, 1.82) is 0 Å². The van der Waals surface area contributed by atoms with E-state index in [1.54, 1.807) is 0 Å². The number of halogens is 1. The Kier molecular flexibility index (Phi) is 15.3. The highest BCUT2D eigenvalue weighted by molar-refractivity contribution is 6.53. The normalized spacial score (nSPS) is 12.4. The molecular weight excluding hydrogens is 598 g/mol. The molecule has 0 aliphatic heterocycles. The molecule has 0 saturated heterocycles. The minimum Gasteiger partial charge on any atom is -0.494 e. The van der Waals surface area contributed by atoms with Crippen LogP contribution in [0, 0.1) is 0 Å². The maximum absolute atomic E-state index is 10.3. The SMILES string of the molecule is CCN(CC)C(C)CCCOc1ccc(/C(=C(\Cl)c2ccccc2)c2ccccc2)cc1.O=C(O)CC(O)(CC(=O)O)C(=O)O. The molecule has 0 bridgehead atoms. The molecule has 45 heavy (non-hydrogen) atoms. The van der Waals surface area contributed by atoms with E-state index in [4.69, 9.17) is 36.8 Å². The molecule has 4 N–H and O–H groups in total. The average molecular weight is 640 g/mol. The zero-order valence-corrected chi connectivity index (χ0v) is 26.6. The van der Waals surface area contributed by atoms with Crippen molar-refractivity contribution in [1.82, 2.24) is 4.90 Å². The van der Waals surface area contributed by atoms with Gasteiger partial charge in [0, 0.05) is 11.6 Å². The molecule has 0 heterocycles. The first-order chi connectivity index (χ1) is 21.4. The highest BCUT2D eigenvalue weighted by atomic mass is 35.5. The molecule has 0 saturated carbocycles. The van der Waals surface area contributed by atoms with Crippen molar-refractivity contribution in [2.75, 3.05) is 19.7 Å². The van der Waals surface area contributed by atoms with E-state index in [1.807, 2.05) is 60.7 Å². The molecular formula is C35H42ClNO8. The fourth-order valence-electron chi connectivity index (χ4n) is 4.78. The fourth-order valence-corrected chi connectivity index (χ4v) is 5.13. The minimum atomic E-state index is -2.74. The van der Waals surface area contributed by atoms with Gasteiger partial charge in [0.15, 0.2) is 5.60 Å². The lowest BCUT2D eigenvalue weighted by Gasteiger charge is -2.26. The molecule has 0 amide bonds. The van der Waals surface area contributed by atoms with Gasteiger partial charge in [0.2, 0.25) is 0 Å². The number of nitrogens with zero attached hydrogens (tertiary/aromatic N) is 1. The van der Waals surface area contributed by atoms with Gasteiger partial charge in [-0.3, -0.25) is 9.59 Å². The van der Waals surface area contributed by atoms with Gasteiger partial charge >= 0.3 is 17.9 Å². The maximum Gasteiger partial charge on any atom is 0.336 e. The van der Waals surface area contributed by atoms with Gasteiger partial charge in [-0.25, -0.2) is 4.79 Å². The van der Waals surface area contributed by atoms with Gasteiger partial charge in [0.05, 0.1) is 24.5 Å². The third-order valence-corrected chi connectivity index (χ3v) is 7.62. The molecule has 10 heteroatoms. The van der Waals surface area contributed by atoms with Crippen LogP contribution >= 0.6 is 11.6 Å². The lowest BCUT2D eigenvalue weighted by molar-refractivity contribution is -0.170. The second-order valence-electron chi connectivity index (χ2n) is 10.5. The van der Waals surface area contributed by atoms with Gasteiger partial charge in [-0.1, -0.05) is 98.2 Å². The van der Waals surface area contributed by atoms with Gasteiger partial charge in [-0.05, 0) is 61.7 Å². The Bertz CT molecular complexity index is 1370. The summed E-state index contributed by atoms with van der Waals surface area (Å²) in [5.74, 6) is -4.12. The standard InChI is InChI=1S/C29H34ClNO.C6H8O7/c1-4-31(5-2)23(3)13-12-22-32-27-20-18-25(19-21-27)28(24-14-8-6-9-15-24)29(30)26-16-10-7-11-17-26;7-3(8)1-6(13,5(11)12)2-4(9)10/h6-11,14-21,23H,4-5,12-13,22H2,1-3H3;13H,1-2H2,(H,7,8)(H,9,10)(H,11,12)/b29-28-;. The van der Waals surface area contributed by atoms with Crippen LogP contribution in [0.4, 0.5) is 0 Å². The summed E-state index contributed by atoms with van der Waals surface area (Å²) in [6, 6.07) is 29.3. The number of ether oxygens (including phenoxy) is 1. The van der Waals surface area contributed by atoms with Crippen LogP contribution in [0.5, 0.6) is 5.75 Å². The van der Waals surface area contributed by atoms with E-state index >= 15 is 0 Å². The summed E-state index contributed by atoms with van der Waals surface area (Å²) in [7, 11) is 0. The first kappa shape index (κ1) is 37.0. The quantitative estimate of drug-likeness (QED) is 0.102. The first-order valence-corrected chi connectivity index (χ1v) is 15.2. The zero-order valence-electron chi connectivity index (χ0n) is 25.9. The number of benzene rings is 3. The number of hydrogen-bond acceptors (Lipinski definition) is 6. The third-order valence-electron chi connectivity index (χ3n) is 7.21. The van der Waals surface area contributed by atoms with Crippen molar-refractivity contribution in [2.45, 2.75) is 58.1 Å². The second kappa shape index (κ2) is 18.6. The number of hydrogen-bond donors (Lipinski definition) is 4. The van der Waals surface area contributed by atoms with E-state index < -0.39 is 36.4 Å². The van der Waals surface area contributed by atoms with Crippen LogP contribution in [0.15, 0.2) is 84.9 Å². The monoisotopic (exact) mass is 639 g/mol. The Morgan fingerprint density at radius 1 is 0.778 bits per heavy atom. The number of carboxylic acids is 3. The van der Waals surface area contributed by atoms with Crippen LogP contribution in [0.3, 0.4) is 0 Å². The summed E-state index contributed by atoms with van der Waals surface area (Å²) < 4.78 is 6.02. The summed E-state index contributed by atoms with van der Waals surface area (Å²) in [4.78, 5) is 33.0. The minimum absolute atomic E-state index is 0.592. The fraction of sp³-hybridized carbons (Fsp3) is 0.343. The lowest BCUT2D eigenvalue weighted by atomic mass is 9.95. The number of carboxylic acid groups (broad SMARTS) is 3. The van der Waals surface area contributed by atoms with Gasteiger partial charge in [0.25, 0.3) is 0 Å². The topological polar surface area (TPSA) is 145 Å². The molecule has 0 spiro atoms. The van der Waals surface area contributed by atoms with E-state index in [2.05, 4.69) is 49.9 Å². The molecule has 0 aliphatic rings. The Labute approximate surface area is 269 Å². The molecule has 0 aliphatic carbocycles.